The van der Waals surface area contributed by atoms with Crippen molar-refractivity contribution in [1.29, 1.82) is 0 Å². The van der Waals surface area contributed by atoms with Crippen molar-refractivity contribution in [3.05, 3.63) is 28.2 Å². The van der Waals surface area contributed by atoms with E-state index in [-0.39, 0.29) is 10.8 Å². The SMILES string of the molecule is Cc1ccc(S(=O)(=O)N[C@@H](C(=O)O)C(C)C)c(Br)c1. The van der Waals surface area contributed by atoms with E-state index in [2.05, 4.69) is 20.7 Å². The second-order valence-corrected chi connectivity index (χ2v) is 7.15. The molecule has 0 spiro atoms. The van der Waals surface area contributed by atoms with Gasteiger partial charge in [-0.25, -0.2) is 8.42 Å². The molecule has 0 aliphatic carbocycles. The van der Waals surface area contributed by atoms with E-state index in [0.717, 1.165) is 5.56 Å². The zero-order valence-electron chi connectivity index (χ0n) is 10.8. The number of carboxylic acid groups (broad SMARTS) is 1. The maximum absolute atomic E-state index is 12.2. The number of hydrogen-bond donors (Lipinski definition) is 2. The molecule has 1 rings (SSSR count). The van der Waals surface area contributed by atoms with E-state index in [4.69, 9.17) is 5.11 Å². The number of carboxylic acids is 1. The molecule has 1 aromatic rings. The third-order valence-electron chi connectivity index (χ3n) is 2.59. The first-order valence-electron chi connectivity index (χ1n) is 5.66. The Balaban J connectivity index is 3.14. The highest BCUT2D eigenvalue weighted by molar-refractivity contribution is 9.10. The molecule has 0 amide bonds. The molecule has 0 radical (unpaired) electrons. The van der Waals surface area contributed by atoms with E-state index in [0.29, 0.717) is 4.47 Å². The number of halogens is 1. The Morgan fingerprint density at radius 1 is 1.37 bits per heavy atom. The zero-order valence-corrected chi connectivity index (χ0v) is 13.2. The fourth-order valence-corrected chi connectivity index (χ4v) is 4.06. The molecule has 2 N–H and O–H groups in total. The van der Waals surface area contributed by atoms with Gasteiger partial charge in [0.15, 0.2) is 0 Å². The van der Waals surface area contributed by atoms with Gasteiger partial charge in [-0.3, -0.25) is 4.79 Å². The Labute approximate surface area is 121 Å². The van der Waals surface area contributed by atoms with Crippen LogP contribution >= 0.6 is 15.9 Å². The highest BCUT2D eigenvalue weighted by Crippen LogP contribution is 2.23. The van der Waals surface area contributed by atoms with Crippen LogP contribution in [0.25, 0.3) is 0 Å². The minimum atomic E-state index is -3.87. The molecule has 0 heterocycles. The van der Waals surface area contributed by atoms with Gasteiger partial charge in [0, 0.05) is 4.47 Å². The van der Waals surface area contributed by atoms with Crippen LogP contribution in [0.5, 0.6) is 0 Å². The standard InChI is InChI=1S/C12H16BrNO4S/c1-7(2)11(12(15)16)14-19(17,18)10-5-4-8(3)6-9(10)13/h4-7,11,14H,1-3H3,(H,15,16)/t11-/m1/s1. The van der Waals surface area contributed by atoms with Gasteiger partial charge in [-0.05, 0) is 46.5 Å². The Hall–Kier alpha value is -0.920. The van der Waals surface area contributed by atoms with Crippen LogP contribution < -0.4 is 4.72 Å². The molecule has 0 aliphatic rings. The molecule has 19 heavy (non-hydrogen) atoms. The average Bonchev–Trinajstić information content (AvgIpc) is 2.24. The summed E-state index contributed by atoms with van der Waals surface area (Å²) in [5, 5.41) is 9.03. The number of hydrogen-bond acceptors (Lipinski definition) is 3. The predicted molar refractivity (Wildman–Crippen MR) is 75.5 cm³/mol. The van der Waals surface area contributed by atoms with E-state index in [1.807, 2.05) is 6.92 Å². The summed E-state index contributed by atoms with van der Waals surface area (Å²) in [4.78, 5) is 11.1. The van der Waals surface area contributed by atoms with Gasteiger partial charge in [0.1, 0.15) is 6.04 Å². The topological polar surface area (TPSA) is 83.5 Å². The molecule has 7 heteroatoms. The van der Waals surface area contributed by atoms with Crippen LogP contribution in [0, 0.1) is 12.8 Å². The van der Waals surface area contributed by atoms with E-state index in [1.54, 1.807) is 26.0 Å². The molecule has 0 aromatic heterocycles. The quantitative estimate of drug-likeness (QED) is 0.852. The molecule has 0 saturated carbocycles. The Bertz CT molecular complexity index is 583. The van der Waals surface area contributed by atoms with Crippen LogP contribution in [-0.4, -0.2) is 25.5 Å². The number of nitrogens with one attached hydrogen (secondary N) is 1. The van der Waals surface area contributed by atoms with Crippen molar-refractivity contribution in [3.8, 4) is 0 Å². The third kappa shape index (κ3) is 4.02. The first-order valence-corrected chi connectivity index (χ1v) is 7.94. The van der Waals surface area contributed by atoms with Gasteiger partial charge in [-0.2, -0.15) is 4.72 Å². The molecule has 5 nitrogen and oxygen atoms in total. The fourth-order valence-electron chi connectivity index (χ4n) is 1.53. The number of sulfonamides is 1. The number of aryl methyl sites for hydroxylation is 1. The largest absolute Gasteiger partial charge is 0.480 e. The number of aliphatic carboxylic acids is 1. The lowest BCUT2D eigenvalue weighted by molar-refractivity contribution is -0.140. The second-order valence-electron chi connectivity index (χ2n) is 4.62. The van der Waals surface area contributed by atoms with Crippen LogP contribution in [0.2, 0.25) is 0 Å². The normalized spacial score (nSPS) is 13.5. The summed E-state index contributed by atoms with van der Waals surface area (Å²) in [5.74, 6) is -1.54. The van der Waals surface area contributed by atoms with E-state index in [1.165, 1.54) is 6.07 Å². The van der Waals surface area contributed by atoms with Crippen LogP contribution in [0.3, 0.4) is 0 Å². The Morgan fingerprint density at radius 2 is 1.95 bits per heavy atom. The molecule has 0 fully saturated rings. The monoisotopic (exact) mass is 349 g/mol. The van der Waals surface area contributed by atoms with Gasteiger partial charge < -0.3 is 5.11 Å². The first kappa shape index (κ1) is 16.1. The van der Waals surface area contributed by atoms with E-state index < -0.39 is 22.0 Å². The number of benzene rings is 1. The zero-order chi connectivity index (χ0) is 14.8. The molecule has 0 bridgehead atoms. The third-order valence-corrected chi connectivity index (χ3v) is 5.01. The van der Waals surface area contributed by atoms with Gasteiger partial charge >= 0.3 is 5.97 Å². The summed E-state index contributed by atoms with van der Waals surface area (Å²) in [7, 11) is -3.87. The highest BCUT2D eigenvalue weighted by Gasteiger charge is 2.28. The van der Waals surface area contributed by atoms with Gasteiger partial charge in [0.25, 0.3) is 0 Å². The molecular weight excluding hydrogens is 334 g/mol. The summed E-state index contributed by atoms with van der Waals surface area (Å²) in [6.45, 7) is 5.12. The van der Waals surface area contributed by atoms with Gasteiger partial charge in [0.2, 0.25) is 10.0 Å². The summed E-state index contributed by atoms with van der Waals surface area (Å²) in [6.07, 6.45) is 0. The number of carbonyl (C=O) groups is 1. The van der Waals surface area contributed by atoms with Crippen LogP contribution in [0.15, 0.2) is 27.6 Å². The van der Waals surface area contributed by atoms with Crippen molar-refractivity contribution in [1.82, 2.24) is 4.72 Å². The van der Waals surface area contributed by atoms with Crippen molar-refractivity contribution in [2.45, 2.75) is 31.7 Å². The van der Waals surface area contributed by atoms with E-state index >= 15 is 0 Å². The van der Waals surface area contributed by atoms with Crippen LogP contribution in [-0.2, 0) is 14.8 Å². The van der Waals surface area contributed by atoms with Crippen molar-refractivity contribution in [2.75, 3.05) is 0 Å². The smallest absolute Gasteiger partial charge is 0.322 e. The lowest BCUT2D eigenvalue weighted by atomic mass is 10.1. The lowest BCUT2D eigenvalue weighted by Crippen LogP contribution is -2.44. The van der Waals surface area contributed by atoms with Crippen LogP contribution in [0.1, 0.15) is 19.4 Å². The molecule has 106 valence electrons. The van der Waals surface area contributed by atoms with Crippen molar-refractivity contribution < 1.29 is 18.3 Å². The minimum Gasteiger partial charge on any atom is -0.480 e. The Morgan fingerprint density at radius 3 is 2.37 bits per heavy atom. The summed E-state index contributed by atoms with van der Waals surface area (Å²) in [6, 6.07) is 3.61. The molecule has 1 aromatic carbocycles. The second kappa shape index (κ2) is 6.02. The maximum atomic E-state index is 12.2. The fraction of sp³-hybridized carbons (Fsp3) is 0.417. The first-order chi connectivity index (χ1) is 8.65. The molecule has 0 saturated heterocycles. The van der Waals surface area contributed by atoms with Crippen molar-refractivity contribution in [2.24, 2.45) is 5.92 Å². The van der Waals surface area contributed by atoms with Crippen molar-refractivity contribution >= 4 is 31.9 Å². The van der Waals surface area contributed by atoms with Gasteiger partial charge in [0.05, 0.1) is 4.90 Å². The minimum absolute atomic E-state index is 0.0324. The lowest BCUT2D eigenvalue weighted by Gasteiger charge is -2.18. The van der Waals surface area contributed by atoms with Crippen LogP contribution in [0.4, 0.5) is 0 Å². The molecule has 0 aliphatic heterocycles. The van der Waals surface area contributed by atoms with E-state index in [9.17, 15) is 13.2 Å². The van der Waals surface area contributed by atoms with Gasteiger partial charge in [-0.1, -0.05) is 19.9 Å². The van der Waals surface area contributed by atoms with Gasteiger partial charge in [-0.15, -0.1) is 0 Å². The summed E-state index contributed by atoms with van der Waals surface area (Å²) in [5.41, 5.74) is 0.907. The summed E-state index contributed by atoms with van der Waals surface area (Å²) < 4.78 is 27.0. The Kier molecular flexibility index (Phi) is 5.11. The van der Waals surface area contributed by atoms with Crippen molar-refractivity contribution in [3.63, 3.8) is 0 Å². The number of rotatable bonds is 5. The molecule has 0 unspecified atom stereocenters. The highest BCUT2D eigenvalue weighted by atomic mass is 79.9. The average molecular weight is 350 g/mol. The maximum Gasteiger partial charge on any atom is 0.322 e. The predicted octanol–water partition coefficient (Wildman–Crippen LogP) is 2.15. The molecular formula is C12H16BrNO4S. The molecule has 1 atom stereocenters. The summed E-state index contributed by atoms with van der Waals surface area (Å²) >= 11 is 3.18.